The van der Waals surface area contributed by atoms with Crippen LogP contribution in [0, 0.1) is 11.6 Å². The number of thiophene rings is 1. The molecule has 5 nitrogen and oxygen atoms in total. The van der Waals surface area contributed by atoms with Crippen molar-refractivity contribution in [2.75, 3.05) is 13.1 Å². The Bertz CT molecular complexity index is 1350. The zero-order valence-electron chi connectivity index (χ0n) is 20.2. The minimum Gasteiger partial charge on any atom is -0.337 e. The average molecular weight is 507 g/mol. The van der Waals surface area contributed by atoms with Crippen molar-refractivity contribution in [3.8, 4) is 5.69 Å². The highest BCUT2D eigenvalue weighted by Gasteiger charge is 2.28. The van der Waals surface area contributed by atoms with Crippen LogP contribution in [0.1, 0.15) is 34.3 Å². The van der Waals surface area contributed by atoms with Crippen molar-refractivity contribution in [2.45, 2.75) is 39.4 Å². The standard InChI is InChI=1S/C28H28F2N4OS/c1-2-33(28(35)16-23-10-6-14-36-23)19-26-24-18-32(17-20-7-3-4-11-25(20)30)13-12-27(24)34(31-26)22-9-5-8-21(29)15-22/h3-11,14-15H,2,12-13,16-19H2,1H3. The van der Waals surface area contributed by atoms with E-state index in [1.165, 1.54) is 18.2 Å². The van der Waals surface area contributed by atoms with Gasteiger partial charge in [0.1, 0.15) is 11.6 Å². The highest BCUT2D eigenvalue weighted by Crippen LogP contribution is 2.28. The zero-order valence-corrected chi connectivity index (χ0v) is 21.0. The van der Waals surface area contributed by atoms with E-state index in [1.807, 2.05) is 52.2 Å². The maximum absolute atomic E-state index is 14.3. The van der Waals surface area contributed by atoms with Gasteiger partial charge in [-0.3, -0.25) is 9.69 Å². The Kier molecular flexibility index (Phi) is 7.25. The first-order valence-corrected chi connectivity index (χ1v) is 13.0. The number of carbonyl (C=O) groups is 1. The first-order valence-electron chi connectivity index (χ1n) is 12.1. The van der Waals surface area contributed by atoms with Crippen molar-refractivity contribution >= 4 is 17.2 Å². The number of benzene rings is 2. The highest BCUT2D eigenvalue weighted by atomic mass is 32.1. The molecule has 1 aliphatic heterocycles. The fourth-order valence-electron chi connectivity index (χ4n) is 4.72. The number of hydrogen-bond acceptors (Lipinski definition) is 4. The topological polar surface area (TPSA) is 41.4 Å². The fourth-order valence-corrected chi connectivity index (χ4v) is 5.42. The first kappa shape index (κ1) is 24.3. The number of rotatable bonds is 8. The largest absolute Gasteiger partial charge is 0.337 e. The van der Waals surface area contributed by atoms with Crippen LogP contribution in [0.5, 0.6) is 0 Å². The molecule has 186 valence electrons. The van der Waals surface area contributed by atoms with Gasteiger partial charge in [0, 0.05) is 48.6 Å². The maximum atomic E-state index is 14.3. The molecule has 0 unspecified atom stereocenters. The third-order valence-electron chi connectivity index (χ3n) is 6.60. The quantitative estimate of drug-likeness (QED) is 0.323. The van der Waals surface area contributed by atoms with Gasteiger partial charge >= 0.3 is 0 Å². The molecule has 0 saturated heterocycles. The van der Waals surface area contributed by atoms with E-state index in [-0.39, 0.29) is 17.5 Å². The summed E-state index contributed by atoms with van der Waals surface area (Å²) < 4.78 is 30.2. The van der Waals surface area contributed by atoms with Gasteiger partial charge in [-0.15, -0.1) is 11.3 Å². The molecule has 0 bridgehead atoms. The maximum Gasteiger partial charge on any atom is 0.228 e. The second kappa shape index (κ2) is 10.7. The van der Waals surface area contributed by atoms with Crippen LogP contribution >= 0.6 is 11.3 Å². The summed E-state index contributed by atoms with van der Waals surface area (Å²) in [6.45, 7) is 4.71. The summed E-state index contributed by atoms with van der Waals surface area (Å²) in [4.78, 5) is 18.1. The fraction of sp³-hybridized carbons (Fsp3) is 0.286. The summed E-state index contributed by atoms with van der Waals surface area (Å²) in [5.41, 5.74) is 4.16. The van der Waals surface area contributed by atoms with E-state index in [0.29, 0.717) is 50.3 Å². The SMILES string of the molecule is CCN(Cc1nn(-c2cccc(F)c2)c2c1CN(Cc1ccccc1F)CC2)C(=O)Cc1cccs1. The first-order chi connectivity index (χ1) is 17.5. The van der Waals surface area contributed by atoms with Gasteiger partial charge in [0.15, 0.2) is 0 Å². The summed E-state index contributed by atoms with van der Waals surface area (Å²) in [6, 6.07) is 17.2. The summed E-state index contributed by atoms with van der Waals surface area (Å²) in [7, 11) is 0. The molecule has 1 aliphatic rings. The van der Waals surface area contributed by atoms with E-state index in [2.05, 4.69) is 4.90 Å². The molecule has 0 spiro atoms. The van der Waals surface area contributed by atoms with Crippen molar-refractivity contribution in [3.63, 3.8) is 0 Å². The molecular formula is C28H28F2N4OS. The number of carbonyl (C=O) groups excluding carboxylic acids is 1. The molecule has 36 heavy (non-hydrogen) atoms. The van der Waals surface area contributed by atoms with Crippen LogP contribution in [0.3, 0.4) is 0 Å². The lowest BCUT2D eigenvalue weighted by atomic mass is 10.0. The summed E-state index contributed by atoms with van der Waals surface area (Å²) in [5, 5.41) is 6.86. The van der Waals surface area contributed by atoms with Crippen LogP contribution in [0.15, 0.2) is 66.0 Å². The van der Waals surface area contributed by atoms with Crippen molar-refractivity contribution in [1.82, 2.24) is 19.6 Å². The normalized spacial score (nSPS) is 13.5. The zero-order chi connectivity index (χ0) is 25.1. The van der Waals surface area contributed by atoms with Crippen LogP contribution in [-0.4, -0.2) is 38.6 Å². The van der Waals surface area contributed by atoms with Gasteiger partial charge in [-0.1, -0.05) is 30.3 Å². The van der Waals surface area contributed by atoms with E-state index in [0.717, 1.165) is 28.4 Å². The molecule has 0 aliphatic carbocycles. The number of aromatic nitrogens is 2. The van der Waals surface area contributed by atoms with Crippen molar-refractivity contribution < 1.29 is 13.6 Å². The lowest BCUT2D eigenvalue weighted by molar-refractivity contribution is -0.130. The van der Waals surface area contributed by atoms with E-state index >= 15 is 0 Å². The van der Waals surface area contributed by atoms with Crippen molar-refractivity contribution in [3.05, 3.63) is 105 Å². The molecule has 0 fully saturated rings. The number of fused-ring (bicyclic) bond motifs is 1. The molecule has 4 aromatic rings. The Hall–Kier alpha value is -3.36. The molecule has 2 aromatic heterocycles. The third kappa shape index (κ3) is 5.24. The van der Waals surface area contributed by atoms with Gasteiger partial charge in [-0.2, -0.15) is 5.10 Å². The minimum absolute atomic E-state index is 0.0491. The minimum atomic E-state index is -0.323. The predicted octanol–water partition coefficient (Wildman–Crippen LogP) is 5.36. The Morgan fingerprint density at radius 1 is 1.11 bits per heavy atom. The summed E-state index contributed by atoms with van der Waals surface area (Å²) >= 11 is 1.57. The Labute approximate surface area is 213 Å². The van der Waals surface area contributed by atoms with Gasteiger partial charge in [0.05, 0.1) is 30.0 Å². The van der Waals surface area contributed by atoms with Gasteiger partial charge in [-0.05, 0) is 42.6 Å². The second-order valence-corrected chi connectivity index (χ2v) is 10.0. The smallest absolute Gasteiger partial charge is 0.228 e. The molecule has 0 radical (unpaired) electrons. The molecular weight excluding hydrogens is 478 g/mol. The third-order valence-corrected chi connectivity index (χ3v) is 7.48. The molecule has 3 heterocycles. The van der Waals surface area contributed by atoms with Gasteiger partial charge < -0.3 is 4.90 Å². The van der Waals surface area contributed by atoms with Gasteiger partial charge in [0.25, 0.3) is 0 Å². The molecule has 5 rings (SSSR count). The van der Waals surface area contributed by atoms with Crippen molar-refractivity contribution in [1.29, 1.82) is 0 Å². The molecule has 2 aromatic carbocycles. The lowest BCUT2D eigenvalue weighted by Crippen LogP contribution is -2.34. The average Bonchev–Trinajstić information content (AvgIpc) is 3.51. The Morgan fingerprint density at radius 3 is 2.72 bits per heavy atom. The molecule has 0 saturated carbocycles. The number of hydrogen-bond donors (Lipinski definition) is 0. The monoisotopic (exact) mass is 506 g/mol. The van der Waals surface area contributed by atoms with Crippen LogP contribution < -0.4 is 0 Å². The van der Waals surface area contributed by atoms with Crippen LogP contribution in [0.2, 0.25) is 0 Å². The lowest BCUT2D eigenvalue weighted by Gasteiger charge is -2.28. The highest BCUT2D eigenvalue weighted by molar-refractivity contribution is 7.10. The summed E-state index contributed by atoms with van der Waals surface area (Å²) in [5.74, 6) is -0.486. The number of halogens is 2. The molecule has 8 heteroatoms. The van der Waals surface area contributed by atoms with E-state index in [9.17, 15) is 13.6 Å². The van der Waals surface area contributed by atoms with Gasteiger partial charge in [-0.25, -0.2) is 13.5 Å². The Morgan fingerprint density at radius 2 is 1.97 bits per heavy atom. The number of likely N-dealkylation sites (N-methyl/N-ethyl adjacent to an activating group) is 1. The predicted molar refractivity (Wildman–Crippen MR) is 137 cm³/mol. The second-order valence-electron chi connectivity index (χ2n) is 8.98. The summed E-state index contributed by atoms with van der Waals surface area (Å²) in [6.07, 6.45) is 1.06. The van der Waals surface area contributed by atoms with E-state index in [4.69, 9.17) is 5.10 Å². The van der Waals surface area contributed by atoms with Crippen molar-refractivity contribution in [2.24, 2.45) is 0 Å². The van der Waals surface area contributed by atoms with Crippen LogP contribution in [-0.2, 0) is 37.3 Å². The number of nitrogens with zero attached hydrogens (tertiary/aromatic N) is 4. The Balaban J connectivity index is 1.45. The van der Waals surface area contributed by atoms with Crippen LogP contribution in [0.25, 0.3) is 5.69 Å². The molecule has 1 amide bonds. The molecule has 0 N–H and O–H groups in total. The number of amides is 1. The van der Waals surface area contributed by atoms with Crippen LogP contribution in [0.4, 0.5) is 8.78 Å². The van der Waals surface area contributed by atoms with E-state index in [1.54, 1.807) is 23.5 Å². The molecule has 0 atom stereocenters. The van der Waals surface area contributed by atoms with E-state index < -0.39 is 0 Å². The van der Waals surface area contributed by atoms with Gasteiger partial charge in [0.2, 0.25) is 5.91 Å².